The number of rotatable bonds is 5. The van der Waals surface area contributed by atoms with E-state index in [0.717, 1.165) is 40.2 Å². The fourth-order valence-corrected chi connectivity index (χ4v) is 4.58. The summed E-state index contributed by atoms with van der Waals surface area (Å²) in [4.78, 5) is 27.0. The molecule has 150 valence electrons. The quantitative estimate of drug-likeness (QED) is 0.524. The number of para-hydroxylation sites is 1. The Morgan fingerprint density at radius 2 is 1.87 bits per heavy atom. The van der Waals surface area contributed by atoms with Gasteiger partial charge >= 0.3 is 0 Å². The maximum Gasteiger partial charge on any atom is 0.293 e. The first kappa shape index (κ1) is 20.0. The number of carbonyl (C=O) groups excluding carboxylic acids is 2. The minimum Gasteiger partial charge on any atom is -0.342 e. The van der Waals surface area contributed by atoms with E-state index in [1.165, 1.54) is 4.90 Å². The Kier molecular flexibility index (Phi) is 5.47. The van der Waals surface area contributed by atoms with Crippen LogP contribution in [0.5, 0.6) is 0 Å². The fraction of sp³-hybridized carbons (Fsp3) is 0.208. The van der Waals surface area contributed by atoms with Gasteiger partial charge in [-0.2, -0.15) is 5.26 Å². The zero-order chi connectivity index (χ0) is 21.3. The second-order valence-corrected chi connectivity index (χ2v) is 8.30. The summed E-state index contributed by atoms with van der Waals surface area (Å²) in [5.74, 6) is -0.231. The molecular weight excluding hydrogens is 394 g/mol. The van der Waals surface area contributed by atoms with Crippen molar-refractivity contribution >= 4 is 39.9 Å². The van der Waals surface area contributed by atoms with Gasteiger partial charge in [-0.05, 0) is 48.9 Å². The number of thioether (sulfide) groups is 1. The molecule has 0 saturated carbocycles. The van der Waals surface area contributed by atoms with Gasteiger partial charge < -0.3 is 4.57 Å². The molecule has 30 heavy (non-hydrogen) atoms. The van der Waals surface area contributed by atoms with Crippen molar-refractivity contribution in [2.75, 3.05) is 0 Å². The van der Waals surface area contributed by atoms with Gasteiger partial charge in [0.1, 0.15) is 0 Å². The molecule has 5 nitrogen and oxygen atoms in total. The lowest BCUT2D eigenvalue weighted by Gasteiger charge is -2.19. The third-order valence-electron chi connectivity index (χ3n) is 5.44. The minimum absolute atomic E-state index is 0.118. The molecule has 2 amide bonds. The largest absolute Gasteiger partial charge is 0.342 e. The van der Waals surface area contributed by atoms with E-state index in [0.29, 0.717) is 17.0 Å². The van der Waals surface area contributed by atoms with Crippen LogP contribution in [0.1, 0.15) is 37.0 Å². The Morgan fingerprint density at radius 1 is 1.13 bits per heavy atom. The van der Waals surface area contributed by atoms with Crippen LogP contribution >= 0.6 is 11.8 Å². The standard InChI is InChI=1S/C24H21N3O2S/c1-3-16(2)27-23(28)22(30-24(27)29)12-19-15-26(21-11-7-6-10-20(19)21)14-18-9-5-4-8-17(18)13-25/h4-12,15-16H,3,14H2,1-2H3. The molecule has 1 fully saturated rings. The lowest BCUT2D eigenvalue weighted by molar-refractivity contribution is -0.124. The van der Waals surface area contributed by atoms with Gasteiger partial charge in [0, 0.05) is 35.2 Å². The van der Waals surface area contributed by atoms with Crippen molar-refractivity contribution < 1.29 is 9.59 Å². The van der Waals surface area contributed by atoms with Gasteiger partial charge in [0.25, 0.3) is 11.1 Å². The van der Waals surface area contributed by atoms with Gasteiger partial charge in [0.05, 0.1) is 16.5 Å². The topological polar surface area (TPSA) is 66.1 Å². The molecule has 6 heteroatoms. The van der Waals surface area contributed by atoms with Crippen LogP contribution in [0.15, 0.2) is 59.6 Å². The minimum atomic E-state index is -0.231. The molecule has 0 aliphatic carbocycles. The molecule has 1 aliphatic rings. The van der Waals surface area contributed by atoms with Gasteiger partial charge in [-0.3, -0.25) is 14.5 Å². The molecule has 1 atom stereocenters. The van der Waals surface area contributed by atoms with Crippen LogP contribution in [0.25, 0.3) is 17.0 Å². The van der Waals surface area contributed by atoms with Gasteiger partial charge in [-0.1, -0.05) is 43.3 Å². The first-order chi connectivity index (χ1) is 14.5. The first-order valence-electron chi connectivity index (χ1n) is 9.86. The maximum absolute atomic E-state index is 12.8. The van der Waals surface area contributed by atoms with E-state index in [1.54, 1.807) is 0 Å². The van der Waals surface area contributed by atoms with Gasteiger partial charge in [0.15, 0.2) is 0 Å². The van der Waals surface area contributed by atoms with Crippen LogP contribution in [-0.2, 0) is 11.3 Å². The Labute approximate surface area is 179 Å². The Balaban J connectivity index is 1.75. The maximum atomic E-state index is 12.8. The molecule has 1 aliphatic heterocycles. The Morgan fingerprint density at radius 3 is 2.63 bits per heavy atom. The van der Waals surface area contributed by atoms with E-state index < -0.39 is 0 Å². The van der Waals surface area contributed by atoms with Crippen LogP contribution < -0.4 is 0 Å². The summed E-state index contributed by atoms with van der Waals surface area (Å²) < 4.78 is 2.08. The summed E-state index contributed by atoms with van der Waals surface area (Å²) in [6.45, 7) is 4.40. The van der Waals surface area contributed by atoms with E-state index in [2.05, 4.69) is 10.6 Å². The zero-order valence-electron chi connectivity index (χ0n) is 16.8. The molecule has 2 aromatic carbocycles. The van der Waals surface area contributed by atoms with Crippen LogP contribution in [0.3, 0.4) is 0 Å². The molecule has 1 unspecified atom stereocenters. The summed E-state index contributed by atoms with van der Waals surface area (Å²) in [5.41, 5.74) is 3.48. The number of carbonyl (C=O) groups is 2. The predicted octanol–water partition coefficient (Wildman–Crippen LogP) is 5.40. The highest BCUT2D eigenvalue weighted by Gasteiger charge is 2.37. The number of imide groups is 1. The van der Waals surface area contributed by atoms with Crippen molar-refractivity contribution in [3.63, 3.8) is 0 Å². The number of hydrogen-bond acceptors (Lipinski definition) is 4. The number of aromatic nitrogens is 1. The highest BCUT2D eigenvalue weighted by Crippen LogP contribution is 2.35. The third-order valence-corrected chi connectivity index (χ3v) is 6.32. The summed E-state index contributed by atoms with van der Waals surface area (Å²) >= 11 is 0.994. The third kappa shape index (κ3) is 3.53. The summed E-state index contributed by atoms with van der Waals surface area (Å²) in [6.07, 6.45) is 4.52. The average Bonchev–Trinajstić information content (AvgIpc) is 3.25. The number of hydrogen-bond donors (Lipinski definition) is 0. The van der Waals surface area contributed by atoms with Crippen molar-refractivity contribution in [1.29, 1.82) is 5.26 Å². The van der Waals surface area contributed by atoms with E-state index in [9.17, 15) is 14.9 Å². The second kappa shape index (κ2) is 8.21. The second-order valence-electron chi connectivity index (χ2n) is 7.31. The zero-order valence-corrected chi connectivity index (χ0v) is 17.6. The number of fused-ring (bicyclic) bond motifs is 1. The molecular formula is C24H21N3O2S. The normalized spacial score (nSPS) is 16.4. The van der Waals surface area contributed by atoms with Crippen LogP contribution in [-0.4, -0.2) is 26.7 Å². The molecule has 1 aromatic heterocycles. The number of nitrogens with zero attached hydrogens (tertiary/aromatic N) is 3. The van der Waals surface area contributed by atoms with Crippen LogP contribution in [0, 0.1) is 11.3 Å². The SMILES string of the molecule is CCC(C)N1C(=O)SC(=Cc2cn(Cc3ccccc3C#N)c3ccccc23)C1=O. The highest BCUT2D eigenvalue weighted by molar-refractivity contribution is 8.18. The summed E-state index contributed by atoms with van der Waals surface area (Å²) in [6, 6.07) is 17.6. The number of nitriles is 1. The molecule has 0 N–H and O–H groups in total. The molecule has 2 heterocycles. The van der Waals surface area contributed by atoms with E-state index in [4.69, 9.17) is 0 Å². The first-order valence-corrected chi connectivity index (χ1v) is 10.7. The smallest absolute Gasteiger partial charge is 0.293 e. The fourth-order valence-electron chi connectivity index (χ4n) is 3.66. The highest BCUT2D eigenvalue weighted by atomic mass is 32.2. The van der Waals surface area contributed by atoms with E-state index >= 15 is 0 Å². The van der Waals surface area contributed by atoms with Crippen LogP contribution in [0.2, 0.25) is 0 Å². The van der Waals surface area contributed by atoms with Gasteiger partial charge in [-0.25, -0.2) is 0 Å². The molecule has 0 spiro atoms. The molecule has 0 radical (unpaired) electrons. The predicted molar refractivity (Wildman–Crippen MR) is 120 cm³/mol. The lowest BCUT2D eigenvalue weighted by atomic mass is 10.1. The number of benzene rings is 2. The summed E-state index contributed by atoms with van der Waals surface area (Å²) in [5, 5.41) is 10.2. The average molecular weight is 416 g/mol. The molecule has 0 bridgehead atoms. The molecule has 4 rings (SSSR count). The van der Waals surface area contributed by atoms with Crippen molar-refractivity contribution in [2.24, 2.45) is 0 Å². The van der Waals surface area contributed by atoms with Crippen molar-refractivity contribution in [3.05, 3.63) is 76.3 Å². The monoisotopic (exact) mass is 415 g/mol. The number of amides is 2. The Hall–Kier alpha value is -3.30. The van der Waals surface area contributed by atoms with E-state index in [1.807, 2.05) is 74.7 Å². The van der Waals surface area contributed by atoms with Crippen molar-refractivity contribution in [1.82, 2.24) is 9.47 Å². The van der Waals surface area contributed by atoms with Gasteiger partial charge in [-0.15, -0.1) is 0 Å². The summed E-state index contributed by atoms with van der Waals surface area (Å²) in [7, 11) is 0. The van der Waals surface area contributed by atoms with Crippen molar-refractivity contribution in [2.45, 2.75) is 32.9 Å². The van der Waals surface area contributed by atoms with Crippen molar-refractivity contribution in [3.8, 4) is 6.07 Å². The van der Waals surface area contributed by atoms with Crippen LogP contribution in [0.4, 0.5) is 4.79 Å². The molecule has 1 saturated heterocycles. The molecule has 3 aromatic rings. The lowest BCUT2D eigenvalue weighted by Crippen LogP contribution is -2.36. The van der Waals surface area contributed by atoms with Gasteiger partial charge in [0.2, 0.25) is 0 Å². The Bertz CT molecular complexity index is 1220. The van der Waals surface area contributed by atoms with E-state index in [-0.39, 0.29) is 17.2 Å².